The number of hydrogen-bond acceptors (Lipinski definition) is 0. The van der Waals surface area contributed by atoms with E-state index in [-0.39, 0.29) is 0 Å². The summed E-state index contributed by atoms with van der Waals surface area (Å²) in [6, 6.07) is 39.7. The smallest absolute Gasteiger partial charge is 0.212 e. The van der Waals surface area contributed by atoms with E-state index in [4.69, 9.17) is 0 Å². The fourth-order valence-corrected chi connectivity index (χ4v) is 6.66. The summed E-state index contributed by atoms with van der Waals surface area (Å²) in [4.78, 5) is 0. The molecule has 4 heterocycles. The molecule has 8 rings (SSSR count). The Bertz CT molecular complexity index is 2090. The summed E-state index contributed by atoms with van der Waals surface area (Å²) in [5.41, 5.74) is 9.86. The Kier molecular flexibility index (Phi) is 5.68. The molecule has 0 atom stereocenters. The molecular formula is C38H32N4+2. The van der Waals surface area contributed by atoms with Crippen LogP contribution in [0, 0.1) is 0 Å². The van der Waals surface area contributed by atoms with Gasteiger partial charge in [-0.3, -0.25) is 0 Å². The summed E-state index contributed by atoms with van der Waals surface area (Å²) in [7, 11) is 0. The van der Waals surface area contributed by atoms with Gasteiger partial charge in [0.05, 0.1) is 11.0 Å². The summed E-state index contributed by atoms with van der Waals surface area (Å²) in [6.45, 7) is 6.32. The molecule has 0 radical (unpaired) electrons. The van der Waals surface area contributed by atoms with Crippen molar-refractivity contribution in [2.45, 2.75) is 26.9 Å². The molecule has 42 heavy (non-hydrogen) atoms. The van der Waals surface area contributed by atoms with E-state index in [0.717, 1.165) is 24.5 Å². The van der Waals surface area contributed by atoms with Crippen LogP contribution in [0.3, 0.4) is 0 Å². The Labute approximate surface area is 244 Å². The van der Waals surface area contributed by atoms with Gasteiger partial charge >= 0.3 is 0 Å². The van der Waals surface area contributed by atoms with Gasteiger partial charge in [-0.15, -0.1) is 0 Å². The summed E-state index contributed by atoms with van der Waals surface area (Å²) < 4.78 is 9.21. The molecule has 0 aliphatic heterocycles. The number of pyridine rings is 2. The van der Waals surface area contributed by atoms with Gasteiger partial charge in [0.25, 0.3) is 0 Å². The Balaban J connectivity index is 1.10. The lowest BCUT2D eigenvalue weighted by molar-refractivity contribution is -0.596. The number of benzene rings is 4. The first-order chi connectivity index (χ1) is 20.7. The maximum absolute atomic E-state index is 2.40. The van der Waals surface area contributed by atoms with Gasteiger partial charge in [-0.1, -0.05) is 36.4 Å². The first kappa shape index (κ1) is 24.6. The van der Waals surface area contributed by atoms with Crippen LogP contribution in [0.2, 0.25) is 0 Å². The first-order valence-electron chi connectivity index (χ1n) is 14.8. The molecule has 0 unspecified atom stereocenters. The van der Waals surface area contributed by atoms with Crippen LogP contribution in [0.15, 0.2) is 134 Å². The number of fused-ring (bicyclic) bond motifs is 6. The first-order valence-corrected chi connectivity index (χ1v) is 14.8. The third-order valence-electron chi connectivity index (χ3n) is 8.74. The minimum atomic E-state index is 0.945. The monoisotopic (exact) mass is 544 g/mol. The topological polar surface area (TPSA) is 17.6 Å². The highest BCUT2D eigenvalue weighted by Crippen LogP contribution is 2.31. The fraction of sp³-hybridized carbons (Fsp3) is 0.105. The average Bonchev–Trinajstić information content (AvgIpc) is 3.56. The van der Waals surface area contributed by atoms with Crippen molar-refractivity contribution >= 4 is 43.6 Å². The lowest BCUT2D eigenvalue weighted by atomic mass is 10.1. The molecule has 0 saturated heterocycles. The largest absolute Gasteiger partial charge is 0.341 e. The third kappa shape index (κ3) is 3.76. The van der Waals surface area contributed by atoms with E-state index in [1.54, 1.807) is 0 Å². The number of para-hydroxylation sites is 2. The van der Waals surface area contributed by atoms with E-state index in [9.17, 15) is 0 Å². The highest BCUT2D eigenvalue weighted by atomic mass is 15.0. The zero-order chi connectivity index (χ0) is 28.2. The zero-order valence-electron chi connectivity index (χ0n) is 23.9. The van der Waals surface area contributed by atoms with Gasteiger partial charge in [0.2, 0.25) is 11.4 Å². The number of aromatic nitrogens is 4. The van der Waals surface area contributed by atoms with Gasteiger partial charge < -0.3 is 9.13 Å². The van der Waals surface area contributed by atoms with Crippen molar-refractivity contribution in [3.05, 3.63) is 134 Å². The van der Waals surface area contributed by atoms with Gasteiger partial charge in [-0.05, 0) is 49.2 Å². The lowest BCUT2D eigenvalue weighted by Gasteiger charge is -2.04. The summed E-state index contributed by atoms with van der Waals surface area (Å²) in [5.74, 6) is 0. The van der Waals surface area contributed by atoms with Crippen molar-refractivity contribution in [3.8, 4) is 22.5 Å². The van der Waals surface area contributed by atoms with Crippen molar-refractivity contribution in [1.29, 1.82) is 0 Å². The van der Waals surface area contributed by atoms with Gasteiger partial charge in [-0.2, -0.15) is 9.13 Å². The highest BCUT2D eigenvalue weighted by molar-refractivity contribution is 6.09. The van der Waals surface area contributed by atoms with Crippen LogP contribution >= 0.6 is 0 Å². The molecule has 202 valence electrons. The van der Waals surface area contributed by atoms with E-state index >= 15 is 0 Å². The molecule has 0 saturated carbocycles. The maximum Gasteiger partial charge on any atom is 0.212 e. The molecule has 4 aromatic carbocycles. The van der Waals surface area contributed by atoms with E-state index in [0.29, 0.717) is 0 Å². The van der Waals surface area contributed by atoms with E-state index in [1.165, 1.54) is 54.7 Å². The molecule has 0 aliphatic rings. The molecule has 0 fully saturated rings. The second kappa shape index (κ2) is 9.71. The average molecular weight is 545 g/mol. The van der Waals surface area contributed by atoms with Gasteiger partial charge in [-0.25, -0.2) is 0 Å². The summed E-state index contributed by atoms with van der Waals surface area (Å²) >= 11 is 0. The van der Waals surface area contributed by atoms with Crippen LogP contribution in [0.1, 0.15) is 13.8 Å². The van der Waals surface area contributed by atoms with Crippen LogP contribution in [0.4, 0.5) is 0 Å². The molecule has 0 bridgehead atoms. The minimum absolute atomic E-state index is 0.945. The SMILES string of the molecule is CCn1c2ccccc2c2ccc(-[n+]3ccc(-c4cc[n+](-c5ccc6c7ccccc7n(CC)c6c5)cc4)cc3)cc21. The number of rotatable bonds is 5. The molecule has 0 spiro atoms. The molecule has 4 aromatic heterocycles. The Morgan fingerprint density at radius 3 is 1.21 bits per heavy atom. The standard InChI is InChI=1S/C38H32N4/c1-3-41-35-11-7-5-9-31(35)33-15-13-29(25-37(33)41)39-21-17-27(18-22-39)28-19-23-40(24-20-28)30-14-16-34-32-10-6-8-12-36(32)42(4-2)38(34)26-30/h5-26H,3-4H2,1-2H3/q+2. The van der Waals surface area contributed by atoms with Crippen molar-refractivity contribution in [2.75, 3.05) is 0 Å². The van der Waals surface area contributed by atoms with Crippen LogP contribution < -0.4 is 9.13 Å². The molecule has 8 aromatic rings. The van der Waals surface area contributed by atoms with Crippen molar-refractivity contribution in [3.63, 3.8) is 0 Å². The molecule has 4 heteroatoms. The van der Waals surface area contributed by atoms with Crippen molar-refractivity contribution in [1.82, 2.24) is 9.13 Å². The molecule has 0 amide bonds. The van der Waals surface area contributed by atoms with E-state index < -0.39 is 0 Å². The van der Waals surface area contributed by atoms with Crippen LogP contribution in [-0.2, 0) is 13.1 Å². The number of nitrogens with zero attached hydrogens (tertiary/aromatic N) is 4. The highest BCUT2D eigenvalue weighted by Gasteiger charge is 2.16. The van der Waals surface area contributed by atoms with Crippen LogP contribution in [0.5, 0.6) is 0 Å². The Morgan fingerprint density at radius 2 is 0.810 bits per heavy atom. The lowest BCUT2D eigenvalue weighted by Crippen LogP contribution is -2.29. The predicted molar refractivity (Wildman–Crippen MR) is 172 cm³/mol. The summed E-state index contributed by atoms with van der Waals surface area (Å²) in [5, 5.41) is 5.24. The fourth-order valence-electron chi connectivity index (χ4n) is 6.66. The third-order valence-corrected chi connectivity index (χ3v) is 8.74. The molecule has 4 nitrogen and oxygen atoms in total. The Morgan fingerprint density at radius 1 is 0.429 bits per heavy atom. The molecule has 0 N–H and O–H groups in total. The van der Waals surface area contributed by atoms with Gasteiger partial charge in [0.1, 0.15) is 0 Å². The van der Waals surface area contributed by atoms with Crippen LogP contribution in [-0.4, -0.2) is 9.13 Å². The van der Waals surface area contributed by atoms with E-state index in [2.05, 4.69) is 166 Å². The zero-order valence-corrected chi connectivity index (χ0v) is 23.9. The maximum atomic E-state index is 2.40. The van der Waals surface area contributed by atoms with Gasteiger partial charge in [0.15, 0.2) is 24.8 Å². The molecular weight excluding hydrogens is 512 g/mol. The number of hydrogen-bond donors (Lipinski definition) is 0. The van der Waals surface area contributed by atoms with Crippen molar-refractivity contribution < 1.29 is 9.13 Å². The number of aryl methyl sites for hydroxylation is 2. The summed E-state index contributed by atoms with van der Waals surface area (Å²) in [6.07, 6.45) is 8.64. The van der Waals surface area contributed by atoms with E-state index in [1.807, 2.05) is 0 Å². The Hall–Kier alpha value is -5.22. The normalized spacial score (nSPS) is 11.8. The van der Waals surface area contributed by atoms with Crippen molar-refractivity contribution in [2.24, 2.45) is 0 Å². The second-order valence-corrected chi connectivity index (χ2v) is 10.9. The second-order valence-electron chi connectivity index (χ2n) is 10.9. The van der Waals surface area contributed by atoms with Gasteiger partial charge in [0, 0.05) is 94.2 Å². The van der Waals surface area contributed by atoms with Crippen LogP contribution in [0.25, 0.3) is 66.1 Å². The quantitative estimate of drug-likeness (QED) is 0.195. The molecule has 0 aliphatic carbocycles. The minimum Gasteiger partial charge on any atom is -0.341 e. The predicted octanol–water partition coefficient (Wildman–Crippen LogP) is 8.16.